The minimum absolute atomic E-state index is 0.103. The molecule has 0 aliphatic rings. The second-order valence-corrected chi connectivity index (χ2v) is 6.12. The summed E-state index contributed by atoms with van der Waals surface area (Å²) in [5.41, 5.74) is 1.91. The molecule has 0 unspecified atom stereocenters. The number of hydrogen-bond donors (Lipinski definition) is 0. The summed E-state index contributed by atoms with van der Waals surface area (Å²) >= 11 is 7.55. The van der Waals surface area contributed by atoms with E-state index < -0.39 is 0 Å². The lowest BCUT2D eigenvalue weighted by Gasteiger charge is -2.18. The maximum absolute atomic E-state index is 12.1. The first-order valence-corrected chi connectivity index (χ1v) is 8.50. The van der Waals surface area contributed by atoms with Crippen LogP contribution in [0.25, 0.3) is 5.69 Å². The Morgan fingerprint density at radius 3 is 2.73 bits per heavy atom. The molecule has 7 heteroatoms. The third-order valence-electron chi connectivity index (χ3n) is 3.39. The van der Waals surface area contributed by atoms with Gasteiger partial charge in [0.15, 0.2) is 5.16 Å². The highest BCUT2D eigenvalue weighted by Crippen LogP contribution is 2.23. The fourth-order valence-electron chi connectivity index (χ4n) is 2.03. The molecule has 0 radical (unpaired) electrons. The molecule has 118 valence electrons. The van der Waals surface area contributed by atoms with E-state index >= 15 is 0 Å². The summed E-state index contributed by atoms with van der Waals surface area (Å²) in [6, 6.07) is 5.78. The van der Waals surface area contributed by atoms with Crippen molar-refractivity contribution in [2.24, 2.45) is 0 Å². The largest absolute Gasteiger partial charge is 0.343 e. The number of nitrogens with zero attached hydrogens (tertiary/aromatic N) is 4. The van der Waals surface area contributed by atoms with E-state index in [1.807, 2.05) is 43.5 Å². The van der Waals surface area contributed by atoms with Crippen molar-refractivity contribution in [3.8, 4) is 5.69 Å². The SMILES string of the molecule is CCN(CC)C(=O)CSc1nncn1-c1ccc(C)c(Cl)c1. The van der Waals surface area contributed by atoms with Crippen LogP contribution in [0.1, 0.15) is 19.4 Å². The molecule has 1 aromatic heterocycles. The minimum atomic E-state index is 0.103. The van der Waals surface area contributed by atoms with E-state index in [0.29, 0.717) is 15.9 Å². The number of thioether (sulfide) groups is 1. The number of carbonyl (C=O) groups excluding carboxylic acids is 1. The maximum Gasteiger partial charge on any atom is 0.233 e. The van der Waals surface area contributed by atoms with Gasteiger partial charge in [-0.2, -0.15) is 0 Å². The number of carbonyl (C=O) groups is 1. The van der Waals surface area contributed by atoms with Crippen LogP contribution in [0.4, 0.5) is 0 Å². The summed E-state index contributed by atoms with van der Waals surface area (Å²) in [7, 11) is 0. The van der Waals surface area contributed by atoms with Crippen LogP contribution in [0.15, 0.2) is 29.7 Å². The van der Waals surface area contributed by atoms with Crippen molar-refractivity contribution in [3.05, 3.63) is 35.1 Å². The third-order valence-corrected chi connectivity index (χ3v) is 4.73. The molecule has 2 rings (SSSR count). The molecule has 1 amide bonds. The summed E-state index contributed by atoms with van der Waals surface area (Å²) in [5, 5.41) is 9.40. The monoisotopic (exact) mass is 338 g/mol. The lowest BCUT2D eigenvalue weighted by molar-refractivity contribution is -0.127. The summed E-state index contributed by atoms with van der Waals surface area (Å²) in [6.45, 7) is 7.34. The standard InChI is InChI=1S/C15H19ClN4OS/c1-4-19(5-2)14(21)9-22-15-18-17-10-20(15)12-7-6-11(3)13(16)8-12/h6-8,10H,4-5,9H2,1-3H3. The van der Waals surface area contributed by atoms with Gasteiger partial charge >= 0.3 is 0 Å². The Balaban J connectivity index is 2.13. The van der Waals surface area contributed by atoms with Gasteiger partial charge in [-0.1, -0.05) is 29.4 Å². The number of aromatic nitrogens is 3. The first-order valence-electron chi connectivity index (χ1n) is 7.13. The molecular weight excluding hydrogens is 320 g/mol. The van der Waals surface area contributed by atoms with Gasteiger partial charge < -0.3 is 4.90 Å². The van der Waals surface area contributed by atoms with E-state index in [2.05, 4.69) is 10.2 Å². The van der Waals surface area contributed by atoms with Crippen molar-refractivity contribution in [1.82, 2.24) is 19.7 Å². The molecule has 1 aromatic carbocycles. The van der Waals surface area contributed by atoms with E-state index in [1.54, 1.807) is 11.2 Å². The molecule has 0 N–H and O–H groups in total. The van der Waals surface area contributed by atoms with E-state index in [-0.39, 0.29) is 5.91 Å². The fourth-order valence-corrected chi connectivity index (χ4v) is 3.03. The van der Waals surface area contributed by atoms with Gasteiger partial charge in [-0.05, 0) is 38.5 Å². The Morgan fingerprint density at radius 1 is 1.36 bits per heavy atom. The topological polar surface area (TPSA) is 51.0 Å². The molecule has 2 aromatic rings. The highest BCUT2D eigenvalue weighted by atomic mass is 35.5. The Kier molecular flexibility index (Phi) is 5.85. The molecule has 0 saturated carbocycles. The third kappa shape index (κ3) is 3.81. The van der Waals surface area contributed by atoms with E-state index in [9.17, 15) is 4.79 Å². The van der Waals surface area contributed by atoms with E-state index in [4.69, 9.17) is 11.6 Å². The number of hydrogen-bond acceptors (Lipinski definition) is 4. The van der Waals surface area contributed by atoms with Crippen LogP contribution in [0.5, 0.6) is 0 Å². The second kappa shape index (κ2) is 7.65. The molecule has 0 saturated heterocycles. The molecule has 0 atom stereocenters. The summed E-state index contributed by atoms with van der Waals surface area (Å²) < 4.78 is 1.84. The van der Waals surface area contributed by atoms with Crippen LogP contribution in [0.3, 0.4) is 0 Å². The molecule has 22 heavy (non-hydrogen) atoms. The van der Waals surface area contributed by atoms with Gasteiger partial charge in [0.1, 0.15) is 6.33 Å². The zero-order valence-electron chi connectivity index (χ0n) is 12.9. The van der Waals surface area contributed by atoms with Crippen molar-refractivity contribution in [1.29, 1.82) is 0 Å². The first kappa shape index (κ1) is 16.8. The Labute approximate surface area is 139 Å². The molecule has 0 aliphatic heterocycles. The zero-order valence-corrected chi connectivity index (χ0v) is 14.5. The lowest BCUT2D eigenvalue weighted by atomic mass is 10.2. The van der Waals surface area contributed by atoms with Gasteiger partial charge in [-0.15, -0.1) is 10.2 Å². The number of benzene rings is 1. The molecule has 0 spiro atoms. The average Bonchev–Trinajstić information content (AvgIpc) is 2.97. The lowest BCUT2D eigenvalue weighted by Crippen LogP contribution is -2.31. The molecule has 1 heterocycles. The molecule has 0 fully saturated rings. The molecular formula is C15H19ClN4OS. The van der Waals surface area contributed by atoms with Crippen LogP contribution in [-0.2, 0) is 4.79 Å². The molecule has 0 aliphatic carbocycles. The van der Waals surface area contributed by atoms with Crippen molar-refractivity contribution >= 4 is 29.3 Å². The van der Waals surface area contributed by atoms with E-state index in [1.165, 1.54) is 11.8 Å². The van der Waals surface area contributed by atoms with Gasteiger partial charge in [0.25, 0.3) is 0 Å². The number of halogens is 1. The summed E-state index contributed by atoms with van der Waals surface area (Å²) in [5.74, 6) is 0.450. The van der Waals surface area contributed by atoms with Crippen molar-refractivity contribution in [2.75, 3.05) is 18.8 Å². The van der Waals surface area contributed by atoms with Crippen molar-refractivity contribution in [3.63, 3.8) is 0 Å². The predicted molar refractivity (Wildman–Crippen MR) is 89.8 cm³/mol. The van der Waals surface area contributed by atoms with Crippen LogP contribution in [0, 0.1) is 6.92 Å². The Morgan fingerprint density at radius 2 is 2.09 bits per heavy atom. The van der Waals surface area contributed by atoms with E-state index in [0.717, 1.165) is 24.3 Å². The fraction of sp³-hybridized carbons (Fsp3) is 0.400. The number of aryl methyl sites for hydroxylation is 1. The zero-order chi connectivity index (χ0) is 16.1. The first-order chi connectivity index (χ1) is 10.6. The van der Waals surface area contributed by atoms with Gasteiger partial charge in [0.05, 0.1) is 11.4 Å². The summed E-state index contributed by atoms with van der Waals surface area (Å²) in [6.07, 6.45) is 1.63. The number of amides is 1. The minimum Gasteiger partial charge on any atom is -0.343 e. The normalized spacial score (nSPS) is 10.7. The van der Waals surface area contributed by atoms with Crippen LogP contribution >= 0.6 is 23.4 Å². The quantitative estimate of drug-likeness (QED) is 0.759. The smallest absolute Gasteiger partial charge is 0.233 e. The van der Waals surface area contributed by atoms with Crippen molar-refractivity contribution < 1.29 is 4.79 Å². The molecule has 5 nitrogen and oxygen atoms in total. The number of rotatable bonds is 6. The Hall–Kier alpha value is -1.53. The second-order valence-electron chi connectivity index (χ2n) is 4.77. The van der Waals surface area contributed by atoms with Crippen LogP contribution in [-0.4, -0.2) is 44.4 Å². The van der Waals surface area contributed by atoms with Crippen LogP contribution < -0.4 is 0 Å². The van der Waals surface area contributed by atoms with Crippen molar-refractivity contribution in [2.45, 2.75) is 25.9 Å². The highest BCUT2D eigenvalue weighted by molar-refractivity contribution is 7.99. The van der Waals surface area contributed by atoms with Gasteiger partial charge in [-0.3, -0.25) is 9.36 Å². The summed E-state index contributed by atoms with van der Waals surface area (Å²) in [4.78, 5) is 13.9. The van der Waals surface area contributed by atoms with Crippen LogP contribution in [0.2, 0.25) is 5.02 Å². The maximum atomic E-state index is 12.1. The van der Waals surface area contributed by atoms with Gasteiger partial charge in [-0.25, -0.2) is 0 Å². The Bertz CT molecular complexity index is 655. The predicted octanol–water partition coefficient (Wildman–Crippen LogP) is 3.19. The van der Waals surface area contributed by atoms with Gasteiger partial charge in [0, 0.05) is 18.1 Å². The van der Waals surface area contributed by atoms with Gasteiger partial charge in [0.2, 0.25) is 5.91 Å². The highest BCUT2D eigenvalue weighted by Gasteiger charge is 2.14. The average molecular weight is 339 g/mol. The molecule has 0 bridgehead atoms.